The molecule has 0 aromatic heterocycles. The van der Waals surface area contributed by atoms with Crippen molar-refractivity contribution in [2.75, 3.05) is 18.0 Å². The monoisotopic (exact) mass is 717 g/mol. The van der Waals surface area contributed by atoms with Gasteiger partial charge in [-0.05, 0) is 72.5 Å². The molecule has 1 aliphatic carbocycles. The van der Waals surface area contributed by atoms with Gasteiger partial charge in [-0.25, -0.2) is 8.42 Å². The summed E-state index contributed by atoms with van der Waals surface area (Å²) in [5.41, 5.74) is 2.00. The number of carbonyl (C=O) groups is 2. The zero-order valence-electron chi connectivity index (χ0n) is 26.4. The van der Waals surface area contributed by atoms with Crippen molar-refractivity contribution in [2.45, 2.75) is 62.0 Å². The molecule has 4 aromatic carbocycles. The first kappa shape index (κ1) is 34.2. The first-order valence-corrected chi connectivity index (χ1v) is 18.1. The zero-order valence-corrected chi connectivity index (χ0v) is 28.8. The maximum Gasteiger partial charge on any atom is 0.264 e. The standard InChI is InChI=1S/C37H40BrN3O5S/c1-46-33-22-20-32(21-23-33)41(47(44,45)34-18-9-4-10-19-34)27-36(42)40(26-29-14-11-15-30(38)24-29)35(25-28-12-5-2-6-13-28)37(43)39-31-16-7-3-8-17-31/h2,4-6,9-15,18-24,31,35H,3,7-8,16-17,25-27H2,1H3,(H,39,43). The molecule has 0 aliphatic heterocycles. The van der Waals surface area contributed by atoms with Crippen LogP contribution in [0.1, 0.15) is 43.2 Å². The van der Waals surface area contributed by atoms with Crippen LogP contribution in [-0.2, 0) is 32.6 Å². The molecule has 47 heavy (non-hydrogen) atoms. The Morgan fingerprint density at radius 2 is 1.49 bits per heavy atom. The van der Waals surface area contributed by atoms with Crippen molar-refractivity contribution in [3.8, 4) is 5.75 Å². The first-order chi connectivity index (χ1) is 22.7. The molecule has 246 valence electrons. The Bertz CT molecular complexity index is 1730. The van der Waals surface area contributed by atoms with E-state index in [-0.39, 0.29) is 29.8 Å². The van der Waals surface area contributed by atoms with Crippen LogP contribution in [0.5, 0.6) is 5.75 Å². The first-order valence-electron chi connectivity index (χ1n) is 15.8. The highest BCUT2D eigenvalue weighted by Crippen LogP contribution is 2.27. The number of benzene rings is 4. The third kappa shape index (κ3) is 9.02. The molecule has 4 aromatic rings. The normalized spacial score (nSPS) is 14.2. The van der Waals surface area contributed by atoms with E-state index in [1.165, 1.54) is 24.1 Å². The van der Waals surface area contributed by atoms with Crippen LogP contribution in [0.4, 0.5) is 5.69 Å². The minimum Gasteiger partial charge on any atom is -0.497 e. The van der Waals surface area contributed by atoms with E-state index in [1.807, 2.05) is 54.6 Å². The summed E-state index contributed by atoms with van der Waals surface area (Å²) >= 11 is 3.53. The van der Waals surface area contributed by atoms with Crippen LogP contribution in [0, 0.1) is 0 Å². The van der Waals surface area contributed by atoms with E-state index < -0.39 is 28.5 Å². The van der Waals surface area contributed by atoms with Crippen LogP contribution >= 0.6 is 15.9 Å². The number of halogens is 1. The lowest BCUT2D eigenvalue weighted by Crippen LogP contribution is -2.55. The lowest BCUT2D eigenvalue weighted by atomic mass is 9.94. The van der Waals surface area contributed by atoms with Crippen molar-refractivity contribution in [2.24, 2.45) is 0 Å². The molecule has 0 radical (unpaired) electrons. The topological polar surface area (TPSA) is 96.0 Å². The molecule has 1 N–H and O–H groups in total. The predicted octanol–water partition coefficient (Wildman–Crippen LogP) is 6.74. The zero-order chi connectivity index (χ0) is 33.2. The van der Waals surface area contributed by atoms with Crippen molar-refractivity contribution >= 4 is 43.5 Å². The fourth-order valence-corrected chi connectivity index (χ4v) is 7.81. The van der Waals surface area contributed by atoms with Gasteiger partial charge in [0, 0.05) is 23.5 Å². The molecule has 2 amide bonds. The fourth-order valence-electron chi connectivity index (χ4n) is 5.93. The Hall–Kier alpha value is -4.15. The number of rotatable bonds is 13. The largest absolute Gasteiger partial charge is 0.497 e. The number of ether oxygens (including phenoxy) is 1. The summed E-state index contributed by atoms with van der Waals surface area (Å²) in [6.07, 6.45) is 5.29. The average Bonchev–Trinajstić information content (AvgIpc) is 3.10. The number of hydrogen-bond acceptors (Lipinski definition) is 5. The van der Waals surface area contributed by atoms with Gasteiger partial charge in [0.1, 0.15) is 18.3 Å². The SMILES string of the molecule is COc1ccc(N(CC(=O)N(Cc2cccc(Br)c2)C(Cc2ccccc2)C(=O)NC2CCCCC2)S(=O)(=O)c2ccccc2)cc1. The Balaban J connectivity index is 1.56. The lowest BCUT2D eigenvalue weighted by molar-refractivity contribution is -0.140. The molecule has 5 rings (SSSR count). The van der Waals surface area contributed by atoms with Crippen molar-refractivity contribution in [1.29, 1.82) is 0 Å². The lowest BCUT2D eigenvalue weighted by Gasteiger charge is -2.35. The van der Waals surface area contributed by atoms with E-state index in [0.29, 0.717) is 11.4 Å². The van der Waals surface area contributed by atoms with Gasteiger partial charge in [-0.3, -0.25) is 13.9 Å². The maximum absolute atomic E-state index is 14.6. The minimum atomic E-state index is -4.17. The van der Waals surface area contributed by atoms with Gasteiger partial charge < -0.3 is 15.0 Å². The van der Waals surface area contributed by atoms with Crippen LogP contribution in [0.3, 0.4) is 0 Å². The summed E-state index contributed by atoms with van der Waals surface area (Å²) in [7, 11) is -2.64. The number of anilines is 1. The quantitative estimate of drug-likeness (QED) is 0.165. The third-order valence-electron chi connectivity index (χ3n) is 8.44. The number of carbonyl (C=O) groups excluding carboxylic acids is 2. The van der Waals surface area contributed by atoms with Crippen LogP contribution in [0.15, 0.2) is 119 Å². The van der Waals surface area contributed by atoms with Gasteiger partial charge in [0.25, 0.3) is 10.0 Å². The maximum atomic E-state index is 14.6. The summed E-state index contributed by atoms with van der Waals surface area (Å²) in [5.74, 6) is -0.193. The Kier molecular flexibility index (Phi) is 11.7. The van der Waals surface area contributed by atoms with Gasteiger partial charge in [0.15, 0.2) is 0 Å². The summed E-state index contributed by atoms with van der Waals surface area (Å²) in [5, 5.41) is 3.24. The van der Waals surface area contributed by atoms with Gasteiger partial charge in [-0.15, -0.1) is 0 Å². The average molecular weight is 719 g/mol. The molecule has 1 aliphatic rings. The molecule has 10 heteroatoms. The van der Waals surface area contributed by atoms with E-state index in [9.17, 15) is 18.0 Å². The molecule has 1 atom stereocenters. The third-order valence-corrected chi connectivity index (χ3v) is 10.7. The highest BCUT2D eigenvalue weighted by Gasteiger charge is 2.35. The predicted molar refractivity (Wildman–Crippen MR) is 188 cm³/mol. The second-order valence-corrected chi connectivity index (χ2v) is 14.5. The summed E-state index contributed by atoms with van der Waals surface area (Å²) in [4.78, 5) is 30.4. The molecule has 0 heterocycles. The van der Waals surface area contributed by atoms with Crippen LogP contribution in [0.25, 0.3) is 0 Å². The molecular weight excluding hydrogens is 678 g/mol. The number of nitrogens with one attached hydrogen (secondary N) is 1. The van der Waals surface area contributed by atoms with Gasteiger partial charge in [0.2, 0.25) is 11.8 Å². The second-order valence-electron chi connectivity index (χ2n) is 11.7. The van der Waals surface area contributed by atoms with Crippen LogP contribution < -0.4 is 14.4 Å². The molecule has 0 bridgehead atoms. The highest BCUT2D eigenvalue weighted by molar-refractivity contribution is 9.10. The molecule has 1 saturated carbocycles. The van der Waals surface area contributed by atoms with E-state index in [2.05, 4.69) is 21.2 Å². The van der Waals surface area contributed by atoms with Crippen LogP contribution in [0.2, 0.25) is 0 Å². The molecular formula is C37H40BrN3O5S. The highest BCUT2D eigenvalue weighted by atomic mass is 79.9. The minimum absolute atomic E-state index is 0.0339. The van der Waals surface area contributed by atoms with E-state index in [1.54, 1.807) is 42.5 Å². The number of methoxy groups -OCH3 is 1. The van der Waals surface area contributed by atoms with Gasteiger partial charge >= 0.3 is 0 Å². The number of sulfonamides is 1. The molecule has 0 saturated heterocycles. The fraction of sp³-hybridized carbons (Fsp3) is 0.297. The van der Waals surface area contributed by atoms with E-state index >= 15 is 0 Å². The summed E-state index contributed by atoms with van der Waals surface area (Å²) < 4.78 is 35.5. The Morgan fingerprint density at radius 3 is 2.13 bits per heavy atom. The number of amides is 2. The van der Waals surface area contributed by atoms with Crippen molar-refractivity contribution in [3.05, 3.63) is 125 Å². The molecule has 0 spiro atoms. The van der Waals surface area contributed by atoms with E-state index in [0.717, 1.165) is 52.0 Å². The van der Waals surface area contributed by atoms with E-state index in [4.69, 9.17) is 4.74 Å². The summed E-state index contributed by atoms with van der Waals surface area (Å²) in [6.45, 7) is -0.407. The van der Waals surface area contributed by atoms with Gasteiger partial charge in [-0.2, -0.15) is 0 Å². The molecule has 8 nitrogen and oxygen atoms in total. The van der Waals surface area contributed by atoms with Gasteiger partial charge in [-0.1, -0.05) is 95.9 Å². The summed E-state index contributed by atoms with van der Waals surface area (Å²) in [6, 6.07) is 30.9. The Labute approximate surface area is 285 Å². The van der Waals surface area contributed by atoms with Gasteiger partial charge in [0.05, 0.1) is 17.7 Å². The van der Waals surface area contributed by atoms with Crippen molar-refractivity contribution < 1.29 is 22.7 Å². The second kappa shape index (κ2) is 16.1. The Morgan fingerprint density at radius 1 is 0.851 bits per heavy atom. The van der Waals surface area contributed by atoms with Crippen molar-refractivity contribution in [1.82, 2.24) is 10.2 Å². The number of nitrogens with zero attached hydrogens (tertiary/aromatic N) is 2. The molecule has 1 unspecified atom stereocenters. The van der Waals surface area contributed by atoms with Crippen LogP contribution in [-0.4, -0.2) is 50.9 Å². The smallest absolute Gasteiger partial charge is 0.264 e. The molecule has 1 fully saturated rings. The van der Waals surface area contributed by atoms with Crippen molar-refractivity contribution in [3.63, 3.8) is 0 Å². The number of hydrogen-bond donors (Lipinski definition) is 1.